The lowest BCUT2D eigenvalue weighted by Crippen LogP contribution is -2.16. The summed E-state index contributed by atoms with van der Waals surface area (Å²) in [5.74, 6) is 0.466. The first-order chi connectivity index (χ1) is 6.31. The third-order valence-corrected chi connectivity index (χ3v) is 3.64. The molecule has 0 spiro atoms. The Morgan fingerprint density at radius 3 is 1.50 bits per heavy atom. The van der Waals surface area contributed by atoms with Gasteiger partial charge in [-0.25, -0.2) is 0 Å². The van der Waals surface area contributed by atoms with Gasteiger partial charge >= 0.3 is 0 Å². The Kier molecular flexibility index (Phi) is 3.39. The number of hydrogen-bond donors (Lipinski definition) is 0. The average molecular weight is 196 g/mol. The van der Waals surface area contributed by atoms with E-state index in [-0.39, 0.29) is 0 Å². The van der Waals surface area contributed by atoms with Crippen molar-refractivity contribution < 1.29 is 4.79 Å². The molecule has 1 aliphatic rings. The van der Waals surface area contributed by atoms with Crippen LogP contribution in [0.15, 0.2) is 0 Å². The molecule has 1 rings (SSSR count). The molecule has 0 bridgehead atoms. The summed E-state index contributed by atoms with van der Waals surface area (Å²) in [5, 5.41) is 0. The molecule has 0 aromatic carbocycles. The van der Waals surface area contributed by atoms with Crippen LogP contribution in [0.5, 0.6) is 0 Å². The number of rotatable bonds is 0. The van der Waals surface area contributed by atoms with Gasteiger partial charge in [-0.15, -0.1) is 0 Å². The Bertz CT molecular complexity index is 191. The predicted octanol–water partition coefficient (Wildman–Crippen LogP) is 3.96. The molecule has 0 saturated heterocycles. The van der Waals surface area contributed by atoms with E-state index in [1.807, 2.05) is 0 Å². The minimum atomic E-state index is 0.358. The first-order valence-electron chi connectivity index (χ1n) is 5.83. The van der Waals surface area contributed by atoms with Crippen LogP contribution in [0.4, 0.5) is 0 Å². The SMILES string of the molecule is CC1(C)CCC(=O)CCC(C)(C)CC1. The maximum atomic E-state index is 11.6. The zero-order valence-electron chi connectivity index (χ0n) is 10.2. The topological polar surface area (TPSA) is 17.1 Å². The highest BCUT2D eigenvalue weighted by Crippen LogP contribution is 2.38. The minimum absolute atomic E-state index is 0.358. The van der Waals surface area contributed by atoms with Gasteiger partial charge in [0.05, 0.1) is 0 Å². The number of Topliss-reactive ketones (excluding diaryl/α,β-unsaturated/α-hetero) is 1. The van der Waals surface area contributed by atoms with Crippen molar-refractivity contribution in [1.29, 1.82) is 0 Å². The molecule has 0 atom stereocenters. The lowest BCUT2D eigenvalue weighted by Gasteiger charge is -2.29. The van der Waals surface area contributed by atoms with Crippen molar-refractivity contribution in [2.75, 3.05) is 0 Å². The Labute approximate surface area is 88.3 Å². The fraction of sp³-hybridized carbons (Fsp3) is 0.923. The second-order valence-corrected chi connectivity index (χ2v) is 6.37. The van der Waals surface area contributed by atoms with Crippen LogP contribution in [0, 0.1) is 10.8 Å². The van der Waals surface area contributed by atoms with Crippen molar-refractivity contribution >= 4 is 5.78 Å². The molecule has 0 aromatic heterocycles. The highest BCUT2D eigenvalue weighted by atomic mass is 16.1. The Hall–Kier alpha value is -0.330. The number of carbonyl (C=O) groups excluding carboxylic acids is 1. The van der Waals surface area contributed by atoms with Crippen LogP contribution in [0.3, 0.4) is 0 Å². The lowest BCUT2D eigenvalue weighted by molar-refractivity contribution is -0.119. The largest absolute Gasteiger partial charge is 0.300 e. The molecule has 1 aliphatic carbocycles. The Morgan fingerprint density at radius 1 is 0.786 bits per heavy atom. The molecule has 1 nitrogen and oxygen atoms in total. The monoisotopic (exact) mass is 196 g/mol. The minimum Gasteiger partial charge on any atom is -0.300 e. The molecule has 0 aromatic rings. The second-order valence-electron chi connectivity index (χ2n) is 6.37. The molecule has 1 saturated carbocycles. The third kappa shape index (κ3) is 3.81. The predicted molar refractivity (Wildman–Crippen MR) is 60.3 cm³/mol. The zero-order chi connectivity index (χ0) is 10.8. The van der Waals surface area contributed by atoms with Crippen LogP contribution in [-0.2, 0) is 4.79 Å². The second kappa shape index (κ2) is 4.04. The van der Waals surface area contributed by atoms with Crippen LogP contribution < -0.4 is 0 Å². The Morgan fingerprint density at radius 2 is 1.14 bits per heavy atom. The Balaban J connectivity index is 2.67. The van der Waals surface area contributed by atoms with Gasteiger partial charge in [-0.1, -0.05) is 27.7 Å². The van der Waals surface area contributed by atoms with E-state index in [2.05, 4.69) is 27.7 Å². The van der Waals surface area contributed by atoms with Gasteiger partial charge in [0.2, 0.25) is 0 Å². The molecule has 0 amide bonds. The van der Waals surface area contributed by atoms with E-state index in [0.717, 1.165) is 25.7 Å². The number of carbonyl (C=O) groups is 1. The van der Waals surface area contributed by atoms with E-state index >= 15 is 0 Å². The van der Waals surface area contributed by atoms with E-state index in [1.54, 1.807) is 0 Å². The molecule has 1 heteroatoms. The van der Waals surface area contributed by atoms with Crippen molar-refractivity contribution in [3.8, 4) is 0 Å². The van der Waals surface area contributed by atoms with E-state index < -0.39 is 0 Å². The first kappa shape index (κ1) is 11.7. The quantitative estimate of drug-likeness (QED) is 0.573. The summed E-state index contributed by atoms with van der Waals surface area (Å²) in [4.78, 5) is 11.6. The maximum Gasteiger partial charge on any atom is 0.132 e. The van der Waals surface area contributed by atoms with Crippen LogP contribution in [0.1, 0.15) is 66.2 Å². The highest BCUT2D eigenvalue weighted by Gasteiger charge is 2.27. The smallest absolute Gasteiger partial charge is 0.132 e. The number of hydrogen-bond acceptors (Lipinski definition) is 1. The molecular formula is C13H24O. The van der Waals surface area contributed by atoms with Gasteiger partial charge in [0, 0.05) is 12.8 Å². The van der Waals surface area contributed by atoms with Gasteiger partial charge < -0.3 is 0 Å². The maximum absolute atomic E-state index is 11.6. The summed E-state index contributed by atoms with van der Waals surface area (Å²) in [7, 11) is 0. The summed E-state index contributed by atoms with van der Waals surface area (Å²) in [5.41, 5.74) is 0.717. The van der Waals surface area contributed by atoms with Gasteiger partial charge in [-0.05, 0) is 36.5 Å². The molecule has 0 N–H and O–H groups in total. The zero-order valence-corrected chi connectivity index (χ0v) is 10.2. The van der Waals surface area contributed by atoms with E-state index in [4.69, 9.17) is 0 Å². The molecule has 1 fully saturated rings. The molecule has 82 valence electrons. The van der Waals surface area contributed by atoms with Gasteiger partial charge in [0.1, 0.15) is 5.78 Å². The number of ketones is 1. The summed E-state index contributed by atoms with van der Waals surface area (Å²) in [6, 6.07) is 0. The van der Waals surface area contributed by atoms with E-state index in [9.17, 15) is 4.79 Å². The van der Waals surface area contributed by atoms with Crippen molar-refractivity contribution in [2.24, 2.45) is 10.8 Å². The van der Waals surface area contributed by atoms with Crippen molar-refractivity contribution in [3.05, 3.63) is 0 Å². The van der Waals surface area contributed by atoms with Crippen LogP contribution in [-0.4, -0.2) is 5.78 Å². The van der Waals surface area contributed by atoms with Crippen LogP contribution in [0.25, 0.3) is 0 Å². The normalized spacial score (nSPS) is 27.6. The highest BCUT2D eigenvalue weighted by molar-refractivity contribution is 5.78. The molecule has 0 aliphatic heterocycles. The molecule has 0 unspecified atom stereocenters. The summed E-state index contributed by atoms with van der Waals surface area (Å²) in [6.07, 6.45) is 6.25. The standard InChI is InChI=1S/C13H24O/c1-12(2)7-5-11(14)6-8-13(3,4)10-9-12/h5-10H2,1-4H3. The fourth-order valence-corrected chi connectivity index (χ4v) is 2.01. The van der Waals surface area contributed by atoms with Crippen molar-refractivity contribution in [3.63, 3.8) is 0 Å². The van der Waals surface area contributed by atoms with E-state index in [0.29, 0.717) is 16.6 Å². The van der Waals surface area contributed by atoms with Crippen LogP contribution in [0.2, 0.25) is 0 Å². The van der Waals surface area contributed by atoms with Gasteiger partial charge in [-0.3, -0.25) is 4.79 Å². The van der Waals surface area contributed by atoms with Gasteiger partial charge in [0.25, 0.3) is 0 Å². The van der Waals surface area contributed by atoms with Crippen molar-refractivity contribution in [2.45, 2.75) is 66.2 Å². The lowest BCUT2D eigenvalue weighted by atomic mass is 9.77. The molecule has 0 heterocycles. The van der Waals surface area contributed by atoms with Crippen molar-refractivity contribution in [1.82, 2.24) is 0 Å². The first-order valence-corrected chi connectivity index (χ1v) is 5.83. The summed E-state index contributed by atoms with van der Waals surface area (Å²) < 4.78 is 0. The van der Waals surface area contributed by atoms with Gasteiger partial charge in [0.15, 0.2) is 0 Å². The fourth-order valence-electron chi connectivity index (χ4n) is 2.01. The summed E-state index contributed by atoms with van der Waals surface area (Å²) in [6.45, 7) is 9.17. The van der Waals surface area contributed by atoms with Crippen LogP contribution >= 0.6 is 0 Å². The van der Waals surface area contributed by atoms with Gasteiger partial charge in [-0.2, -0.15) is 0 Å². The third-order valence-electron chi connectivity index (χ3n) is 3.64. The molecular weight excluding hydrogens is 172 g/mol. The summed E-state index contributed by atoms with van der Waals surface area (Å²) >= 11 is 0. The molecule has 14 heavy (non-hydrogen) atoms. The average Bonchev–Trinajstić information content (AvgIpc) is 2.12. The molecule has 0 radical (unpaired) electrons. The van der Waals surface area contributed by atoms with E-state index in [1.165, 1.54) is 12.8 Å².